The molecule has 0 atom stereocenters. The van der Waals surface area contributed by atoms with E-state index in [4.69, 9.17) is 5.21 Å². The number of rotatable bonds is 8. The highest BCUT2D eigenvalue weighted by Gasteiger charge is 2.42. The van der Waals surface area contributed by atoms with Gasteiger partial charge in [-0.05, 0) is 50.9 Å². The summed E-state index contributed by atoms with van der Waals surface area (Å²) in [5.41, 5.74) is 6.82. The molecule has 190 valence electrons. The van der Waals surface area contributed by atoms with Crippen molar-refractivity contribution < 1.29 is 0 Å². The van der Waals surface area contributed by atoms with Gasteiger partial charge in [-0.25, -0.2) is 4.68 Å². The Balaban J connectivity index is 1.63. The molecule has 5 heteroatoms. The topological polar surface area (TPSA) is 55.6 Å². The Morgan fingerprint density at radius 2 is 1.08 bits per heavy atom. The van der Waals surface area contributed by atoms with E-state index < -0.39 is 5.54 Å². The van der Waals surface area contributed by atoms with Gasteiger partial charge in [0.15, 0.2) is 5.82 Å². The van der Waals surface area contributed by atoms with Gasteiger partial charge in [-0.1, -0.05) is 140 Å². The first-order valence-corrected chi connectivity index (χ1v) is 13.1. The Morgan fingerprint density at radius 1 is 0.590 bits per heavy atom. The molecule has 0 unspecified atom stereocenters. The lowest BCUT2D eigenvalue weighted by molar-refractivity contribution is 0.451. The molecule has 0 amide bonds. The molecule has 0 saturated heterocycles. The fraction of sp³-hybridized carbons (Fsp3) is 0.0882. The molecule has 0 fully saturated rings. The summed E-state index contributed by atoms with van der Waals surface area (Å²) in [4.78, 5) is 0. The number of benzene rings is 5. The average molecular weight is 508 g/mol. The van der Waals surface area contributed by atoms with Crippen LogP contribution >= 0.6 is 0 Å². The van der Waals surface area contributed by atoms with Gasteiger partial charge >= 0.3 is 0 Å². The minimum atomic E-state index is -0.799. The van der Waals surface area contributed by atoms with Crippen LogP contribution in [0.2, 0.25) is 0 Å². The van der Waals surface area contributed by atoms with E-state index >= 15 is 0 Å². The Kier molecular flexibility index (Phi) is 6.81. The lowest BCUT2D eigenvalue weighted by atomic mass is 9.77. The first-order chi connectivity index (χ1) is 19.3. The van der Waals surface area contributed by atoms with Crippen molar-refractivity contribution in [2.24, 2.45) is 0 Å². The van der Waals surface area contributed by atoms with E-state index in [1.165, 1.54) is 5.56 Å². The molecule has 0 aliphatic rings. The smallest absolute Gasteiger partial charge is 0.184 e. The molecule has 0 aliphatic carbocycles. The van der Waals surface area contributed by atoms with Gasteiger partial charge in [0.1, 0.15) is 5.54 Å². The third kappa shape index (κ3) is 4.43. The largest absolute Gasteiger partial charge is 0.316 e. The second kappa shape index (κ2) is 10.9. The van der Waals surface area contributed by atoms with Crippen molar-refractivity contribution in [2.75, 3.05) is 7.05 Å². The molecular weight excluding hydrogens is 478 g/mol. The average Bonchev–Trinajstić information content (AvgIpc) is 3.50. The zero-order valence-corrected chi connectivity index (χ0v) is 21.8. The Hall–Kier alpha value is -4.87. The SMILES string of the molecule is CNCc1ccc(-c2ccccc2-c2nnnn2C(c2ccccc2)(c2ccccc2)c2ccccc2)cc1. The van der Waals surface area contributed by atoms with E-state index in [1.807, 2.05) is 36.0 Å². The van der Waals surface area contributed by atoms with Gasteiger partial charge in [-0.15, -0.1) is 5.10 Å². The summed E-state index contributed by atoms with van der Waals surface area (Å²) in [7, 11) is 1.96. The van der Waals surface area contributed by atoms with Crippen LogP contribution in [0, 0.1) is 0 Å². The lowest BCUT2D eigenvalue weighted by Gasteiger charge is -2.36. The Bertz CT molecular complexity index is 1550. The van der Waals surface area contributed by atoms with Crippen molar-refractivity contribution in [1.29, 1.82) is 0 Å². The van der Waals surface area contributed by atoms with Crippen LogP contribution in [0.3, 0.4) is 0 Å². The molecule has 5 nitrogen and oxygen atoms in total. The fourth-order valence-electron chi connectivity index (χ4n) is 5.42. The van der Waals surface area contributed by atoms with Crippen molar-refractivity contribution in [2.45, 2.75) is 12.1 Å². The maximum atomic E-state index is 4.71. The van der Waals surface area contributed by atoms with E-state index in [0.29, 0.717) is 5.82 Å². The quantitative estimate of drug-likeness (QED) is 0.237. The van der Waals surface area contributed by atoms with Crippen molar-refractivity contribution >= 4 is 0 Å². The molecule has 1 aromatic heterocycles. The fourth-order valence-corrected chi connectivity index (χ4v) is 5.42. The van der Waals surface area contributed by atoms with Crippen molar-refractivity contribution in [3.05, 3.63) is 162 Å². The normalized spacial score (nSPS) is 11.4. The van der Waals surface area contributed by atoms with E-state index in [-0.39, 0.29) is 0 Å². The number of nitrogens with one attached hydrogen (secondary N) is 1. The van der Waals surface area contributed by atoms with Crippen LogP contribution < -0.4 is 5.32 Å². The summed E-state index contributed by atoms with van der Waals surface area (Å²) in [6.07, 6.45) is 0. The molecule has 0 bridgehead atoms. The first-order valence-electron chi connectivity index (χ1n) is 13.1. The van der Waals surface area contributed by atoms with Crippen LogP contribution in [-0.2, 0) is 12.1 Å². The number of nitrogens with zero attached hydrogens (tertiary/aromatic N) is 4. The molecule has 0 spiro atoms. The summed E-state index contributed by atoms with van der Waals surface area (Å²) < 4.78 is 1.99. The summed E-state index contributed by atoms with van der Waals surface area (Å²) in [6.45, 7) is 0.827. The molecule has 6 rings (SSSR count). The molecule has 5 aromatic carbocycles. The second-order valence-electron chi connectivity index (χ2n) is 9.50. The molecule has 39 heavy (non-hydrogen) atoms. The van der Waals surface area contributed by atoms with Gasteiger partial charge < -0.3 is 5.32 Å². The maximum Gasteiger partial charge on any atom is 0.184 e. The molecule has 0 aliphatic heterocycles. The molecule has 1 heterocycles. The van der Waals surface area contributed by atoms with Crippen LogP contribution in [0.5, 0.6) is 0 Å². The van der Waals surface area contributed by atoms with Crippen molar-refractivity contribution in [1.82, 2.24) is 25.5 Å². The van der Waals surface area contributed by atoms with Crippen LogP contribution in [0.1, 0.15) is 22.3 Å². The van der Waals surface area contributed by atoms with E-state index in [2.05, 4.69) is 131 Å². The standard InChI is InChI=1S/C34H29N5/c1-35-25-26-21-23-27(24-22-26)31-19-11-12-20-32(31)33-36-37-38-39(33)34(28-13-5-2-6-14-28,29-15-7-3-8-16-29)30-17-9-4-10-18-30/h2-24,35H,25H2,1H3. The highest BCUT2D eigenvalue weighted by molar-refractivity contribution is 5.81. The van der Waals surface area contributed by atoms with E-state index in [1.54, 1.807) is 0 Å². The molecule has 1 N–H and O–H groups in total. The van der Waals surface area contributed by atoms with Gasteiger partial charge in [0.2, 0.25) is 0 Å². The third-order valence-corrected chi connectivity index (χ3v) is 7.18. The summed E-state index contributed by atoms with van der Waals surface area (Å²) in [6, 6.07) is 48.4. The number of aromatic nitrogens is 4. The predicted octanol–water partition coefficient (Wildman–Crippen LogP) is 6.57. The number of hydrogen-bond acceptors (Lipinski definition) is 4. The number of tetrazole rings is 1. The van der Waals surface area contributed by atoms with Crippen LogP contribution in [0.4, 0.5) is 0 Å². The van der Waals surface area contributed by atoms with E-state index in [9.17, 15) is 0 Å². The molecule has 0 radical (unpaired) electrons. The number of hydrogen-bond donors (Lipinski definition) is 1. The maximum absolute atomic E-state index is 4.71. The zero-order chi connectivity index (χ0) is 26.5. The predicted molar refractivity (Wildman–Crippen MR) is 156 cm³/mol. The minimum Gasteiger partial charge on any atom is -0.316 e. The lowest BCUT2D eigenvalue weighted by Crippen LogP contribution is -2.39. The summed E-state index contributed by atoms with van der Waals surface area (Å²) >= 11 is 0. The van der Waals surface area contributed by atoms with Crippen LogP contribution in [-0.4, -0.2) is 27.3 Å². The van der Waals surface area contributed by atoms with Gasteiger partial charge in [-0.2, -0.15) is 0 Å². The van der Waals surface area contributed by atoms with E-state index in [0.717, 1.165) is 39.9 Å². The van der Waals surface area contributed by atoms with Crippen molar-refractivity contribution in [3.63, 3.8) is 0 Å². The second-order valence-corrected chi connectivity index (χ2v) is 9.50. The van der Waals surface area contributed by atoms with Gasteiger partial charge in [-0.3, -0.25) is 0 Å². The molecule has 6 aromatic rings. The van der Waals surface area contributed by atoms with Gasteiger partial charge in [0.05, 0.1) is 0 Å². The molecule has 0 saturated carbocycles. The Labute approximate surface area is 228 Å². The summed E-state index contributed by atoms with van der Waals surface area (Å²) in [5.74, 6) is 0.696. The Morgan fingerprint density at radius 3 is 1.59 bits per heavy atom. The highest BCUT2D eigenvalue weighted by Crippen LogP contribution is 2.43. The first kappa shape index (κ1) is 24.5. The zero-order valence-electron chi connectivity index (χ0n) is 21.8. The van der Waals surface area contributed by atoms with Crippen LogP contribution in [0.15, 0.2) is 140 Å². The monoisotopic (exact) mass is 507 g/mol. The minimum absolute atomic E-state index is 0.696. The highest BCUT2D eigenvalue weighted by atomic mass is 15.6. The van der Waals surface area contributed by atoms with Crippen LogP contribution in [0.25, 0.3) is 22.5 Å². The third-order valence-electron chi connectivity index (χ3n) is 7.18. The summed E-state index contributed by atoms with van der Waals surface area (Å²) in [5, 5.41) is 16.9. The van der Waals surface area contributed by atoms with Gasteiger partial charge in [0, 0.05) is 12.1 Å². The van der Waals surface area contributed by atoms with Crippen molar-refractivity contribution in [3.8, 4) is 22.5 Å². The molecular formula is C34H29N5. The van der Waals surface area contributed by atoms with Gasteiger partial charge in [0.25, 0.3) is 0 Å².